The number of pyridine rings is 2. The first-order chi connectivity index (χ1) is 19.6. The molecule has 0 N–H and O–H groups in total. The fraction of sp³-hybridized carbons (Fsp3) is 0.194. The van der Waals surface area contributed by atoms with Gasteiger partial charge in [0, 0.05) is 56.7 Å². The van der Waals surface area contributed by atoms with E-state index >= 15 is 0 Å². The van der Waals surface area contributed by atoms with E-state index in [2.05, 4.69) is 89.4 Å². The second kappa shape index (κ2) is 12.2. The molecule has 41 heavy (non-hydrogen) atoms. The number of unbranched alkanes of at least 4 members (excludes halogenated alkanes) is 1. The van der Waals surface area contributed by atoms with Gasteiger partial charge in [-0.1, -0.05) is 72.2 Å². The summed E-state index contributed by atoms with van der Waals surface area (Å²) in [4.78, 5) is 8.95. The molecule has 4 nitrogen and oxygen atoms in total. The predicted octanol–water partition coefficient (Wildman–Crippen LogP) is 8.20. The zero-order chi connectivity index (χ0) is 27.5. The first-order valence-electron chi connectivity index (χ1n) is 13.9. The number of para-hydroxylation sites is 2. The molecule has 2 aromatic heterocycles. The molecule has 1 radical (unpaired) electrons. The molecule has 3 aromatic carbocycles. The first kappa shape index (κ1) is 28.5. The van der Waals surface area contributed by atoms with Gasteiger partial charge >= 0.3 is 6.01 Å². The maximum Gasteiger partial charge on any atom is 0.494 e. The number of hydrogen-bond acceptors (Lipinski definition) is 2. The van der Waals surface area contributed by atoms with Gasteiger partial charge in [0.25, 0.3) is 11.4 Å². The predicted molar refractivity (Wildman–Crippen MR) is 162 cm³/mol. The Balaban J connectivity index is 0.000000218. The Labute approximate surface area is 256 Å². The van der Waals surface area contributed by atoms with E-state index in [0.29, 0.717) is 0 Å². The number of hydrogen-bond donors (Lipinski definition) is 0. The van der Waals surface area contributed by atoms with E-state index in [4.69, 9.17) is 4.98 Å². The quantitative estimate of drug-likeness (QED) is 0.136. The van der Waals surface area contributed by atoms with Gasteiger partial charge in [0.2, 0.25) is 0 Å². The molecular formula is C36H32IrN4. The number of aromatic nitrogens is 2. The van der Waals surface area contributed by atoms with Gasteiger partial charge in [-0.3, -0.25) is 4.98 Å². The van der Waals surface area contributed by atoms with Crippen LogP contribution < -0.4 is 4.58 Å². The Hall–Kier alpha value is -4.01. The van der Waals surface area contributed by atoms with Gasteiger partial charge in [0.1, 0.15) is 5.69 Å². The van der Waals surface area contributed by atoms with Crippen molar-refractivity contribution in [3.05, 3.63) is 127 Å². The average molecular weight is 713 g/mol. The van der Waals surface area contributed by atoms with E-state index in [-0.39, 0.29) is 25.5 Å². The van der Waals surface area contributed by atoms with Crippen LogP contribution in [0.1, 0.15) is 44.9 Å². The third kappa shape index (κ3) is 5.37. The summed E-state index contributed by atoms with van der Waals surface area (Å²) in [6, 6.07) is 40.9. The van der Waals surface area contributed by atoms with Crippen molar-refractivity contribution >= 4 is 23.1 Å². The van der Waals surface area contributed by atoms with Crippen LogP contribution in [0.3, 0.4) is 0 Å². The minimum absolute atomic E-state index is 0. The molecule has 5 aromatic rings. The average Bonchev–Trinajstić information content (AvgIpc) is 3.50. The summed E-state index contributed by atoms with van der Waals surface area (Å²) in [7, 11) is 0. The summed E-state index contributed by atoms with van der Waals surface area (Å²) in [6.45, 7) is 7.73. The molecule has 1 aliphatic carbocycles. The van der Waals surface area contributed by atoms with Crippen molar-refractivity contribution in [3.8, 4) is 22.4 Å². The molecule has 0 saturated heterocycles. The van der Waals surface area contributed by atoms with Crippen LogP contribution in [-0.4, -0.2) is 27.1 Å². The molecule has 3 heterocycles. The van der Waals surface area contributed by atoms with Crippen molar-refractivity contribution in [3.63, 3.8) is 0 Å². The largest absolute Gasteiger partial charge is 0.494 e. The van der Waals surface area contributed by atoms with Crippen molar-refractivity contribution in [1.29, 1.82) is 0 Å². The van der Waals surface area contributed by atoms with Crippen LogP contribution in [0, 0.1) is 12.1 Å². The van der Waals surface area contributed by atoms with E-state index in [9.17, 15) is 0 Å². The van der Waals surface area contributed by atoms with Crippen molar-refractivity contribution < 1.29 is 24.7 Å². The second-order valence-electron chi connectivity index (χ2n) is 10.6. The molecule has 0 atom stereocenters. The molecule has 0 bridgehead atoms. The molecule has 1 aliphatic heterocycles. The smallest absolute Gasteiger partial charge is 0.305 e. The van der Waals surface area contributed by atoms with E-state index in [0.717, 1.165) is 35.6 Å². The Bertz CT molecular complexity index is 1700. The Morgan fingerprint density at radius 3 is 2.32 bits per heavy atom. The molecule has 5 heteroatoms. The standard InChI is InChI=1S/C25H24N3.C11H8N.Ir/c1-4-5-16-27-17-28(21-13-7-6-12-20(21)27)22-14-8-10-18-19-11-9-15-26-24(19)25(2,3)23(18)22;1-2-6-10(7-3-1)11-8-4-5-9-12-11;/h6-13,15H,4-5,16H2,1-3H3;1-6,8-9H;/q+1;-1;. The van der Waals surface area contributed by atoms with Crippen molar-refractivity contribution in [2.75, 3.05) is 6.54 Å². The SMILES string of the molecule is CCCC[N+]1=C=[N+](c2[c-]ccc3c2C(C)(C)c2ncccc2-3)c2ccccc21.[Ir].[c-]1ccccc1-c1ccccn1. The number of fused-ring (bicyclic) bond motifs is 4. The third-order valence-corrected chi connectivity index (χ3v) is 7.53. The van der Waals surface area contributed by atoms with Gasteiger partial charge < -0.3 is 4.98 Å². The van der Waals surface area contributed by atoms with Crippen LogP contribution in [0.5, 0.6) is 0 Å². The minimum Gasteiger partial charge on any atom is -0.305 e. The Morgan fingerprint density at radius 1 is 0.780 bits per heavy atom. The van der Waals surface area contributed by atoms with Crippen LogP contribution in [0.2, 0.25) is 0 Å². The van der Waals surface area contributed by atoms with Gasteiger partial charge in [-0.25, -0.2) is 0 Å². The normalized spacial score (nSPS) is 13.4. The zero-order valence-electron chi connectivity index (χ0n) is 23.6. The molecule has 2 aliphatic rings. The van der Waals surface area contributed by atoms with Crippen LogP contribution in [0.4, 0.5) is 17.1 Å². The number of benzene rings is 3. The van der Waals surface area contributed by atoms with Gasteiger partial charge in [-0.15, -0.1) is 47.5 Å². The summed E-state index contributed by atoms with van der Waals surface area (Å²) in [6.07, 6.45) is 6.00. The van der Waals surface area contributed by atoms with E-state index in [1.165, 1.54) is 34.5 Å². The van der Waals surface area contributed by atoms with Crippen LogP contribution in [0.25, 0.3) is 22.4 Å². The Kier molecular flexibility index (Phi) is 8.52. The van der Waals surface area contributed by atoms with Gasteiger partial charge in [-0.05, 0) is 28.8 Å². The summed E-state index contributed by atoms with van der Waals surface area (Å²) in [5, 5.41) is 0. The zero-order valence-corrected chi connectivity index (χ0v) is 26.0. The molecule has 0 saturated carbocycles. The topological polar surface area (TPSA) is 31.8 Å². The van der Waals surface area contributed by atoms with Gasteiger partial charge in [0.15, 0.2) is 6.54 Å². The molecule has 0 fully saturated rings. The van der Waals surface area contributed by atoms with Gasteiger partial charge in [-0.2, -0.15) is 12.1 Å². The number of rotatable bonds is 5. The minimum atomic E-state index is -0.174. The van der Waals surface area contributed by atoms with Crippen molar-refractivity contribution in [1.82, 2.24) is 14.5 Å². The van der Waals surface area contributed by atoms with Crippen LogP contribution in [0.15, 0.2) is 103 Å². The summed E-state index contributed by atoms with van der Waals surface area (Å²) in [5.74, 6) is 0. The number of nitrogens with zero attached hydrogens (tertiary/aromatic N) is 4. The molecule has 0 spiro atoms. The first-order valence-corrected chi connectivity index (χ1v) is 13.9. The van der Waals surface area contributed by atoms with Gasteiger partial charge in [0.05, 0.1) is 0 Å². The van der Waals surface area contributed by atoms with E-state index < -0.39 is 0 Å². The Morgan fingerprint density at radius 2 is 1.56 bits per heavy atom. The third-order valence-electron chi connectivity index (χ3n) is 7.53. The molecular weight excluding hydrogens is 681 g/mol. The fourth-order valence-corrected chi connectivity index (χ4v) is 5.60. The molecule has 7 rings (SSSR count). The maximum absolute atomic E-state index is 4.73. The summed E-state index contributed by atoms with van der Waals surface area (Å²) >= 11 is 0. The van der Waals surface area contributed by atoms with E-state index in [1.807, 2.05) is 60.8 Å². The fourth-order valence-electron chi connectivity index (χ4n) is 5.60. The second-order valence-corrected chi connectivity index (χ2v) is 10.6. The van der Waals surface area contributed by atoms with Crippen molar-refractivity contribution in [2.24, 2.45) is 0 Å². The molecule has 0 unspecified atom stereocenters. The molecule has 0 amide bonds. The monoisotopic (exact) mass is 713 g/mol. The summed E-state index contributed by atoms with van der Waals surface area (Å²) in [5.41, 5.74) is 10.2. The van der Waals surface area contributed by atoms with Crippen LogP contribution in [-0.2, 0) is 25.5 Å². The summed E-state index contributed by atoms with van der Waals surface area (Å²) < 4.78 is 4.44. The van der Waals surface area contributed by atoms with E-state index in [1.54, 1.807) is 6.20 Å². The molecule has 205 valence electrons. The van der Waals surface area contributed by atoms with Crippen molar-refractivity contribution in [2.45, 2.75) is 39.0 Å². The maximum atomic E-state index is 4.73. The van der Waals surface area contributed by atoms with Crippen LogP contribution >= 0.6 is 0 Å².